The molecule has 0 saturated carbocycles. The molecule has 0 aliphatic rings. The average molecular weight is 1300 g/mol. The molecule has 10 N–H and O–H groups in total. The van der Waals surface area contributed by atoms with Crippen LogP contribution in [0.15, 0.2) is 0 Å². The molecule has 0 aliphatic heterocycles. The van der Waals surface area contributed by atoms with Crippen molar-refractivity contribution in [2.24, 2.45) is 0 Å². The Morgan fingerprint density at radius 1 is 0.337 bits per heavy atom. The number of hydrogen-bond acceptors (Lipinski definition) is 32. The summed E-state index contributed by atoms with van der Waals surface area (Å²) in [6.45, 7) is -2.92. The molecule has 0 radical (unpaired) electrons. The number of aliphatic hydroxyl groups excluding tert-OH is 7. The van der Waals surface area contributed by atoms with Crippen molar-refractivity contribution in [2.45, 2.75) is 172 Å². The zero-order valence-corrected chi connectivity index (χ0v) is 51.8. The minimum Gasteiger partial charge on any atom is -0.467 e. The summed E-state index contributed by atoms with van der Waals surface area (Å²) in [6, 6.07) is -2.77. The Morgan fingerprint density at radius 3 is 0.876 bits per heavy atom. The lowest BCUT2D eigenvalue weighted by Crippen LogP contribution is -2.41. The van der Waals surface area contributed by atoms with Gasteiger partial charge in [0.05, 0.1) is 100 Å². The standard InChI is InChI=1S/C54H95N3O32/c1-9-36(19-58)85-47(22-61)83-30-39(28-78-44(68)16-10-13-41(65)55-33(2)52(71)75-6)88-49(24-63)81-26-37(20-59)86-48(23-62)84-31-40(29-79-45(69)17-11-14-42(66)56-34(3)53(72)76-7)89-50(25-64)82-27-38(21-60)87-51(74-5)32-80-46(70)18-12-15-43(67)57-35(4)54(73)77-8/h33-40,47-51,58-64H,9-32H2,1-8H3,(H,55,65)(H,56,66)(H,57,67). The molecule has 35 nitrogen and oxygen atoms in total. The van der Waals surface area contributed by atoms with Crippen molar-refractivity contribution in [3.63, 3.8) is 0 Å². The molecule has 0 aromatic rings. The van der Waals surface area contributed by atoms with Crippen molar-refractivity contribution < 1.29 is 155 Å². The Hall–Kier alpha value is -5.45. The SMILES string of the molecule is CCC(CO)OC(CO)OCC(COC(=O)CCCC(=O)NC(C)C(=O)OC)OC(CO)OCC(CO)OC(CO)OCC(COC(=O)CCCC(=O)NC(C)C(=O)OC)OC(CO)OCC(CO)OC(COC(=O)CCCC(=O)NC(C)C(=O)OC)OC. The van der Waals surface area contributed by atoms with E-state index in [2.05, 4.69) is 30.2 Å². The van der Waals surface area contributed by atoms with E-state index in [1.54, 1.807) is 6.92 Å². The highest BCUT2D eigenvalue weighted by molar-refractivity contribution is 5.85. The third-order valence-corrected chi connectivity index (χ3v) is 11.9. The quantitative estimate of drug-likeness (QED) is 0.0157. The van der Waals surface area contributed by atoms with Crippen molar-refractivity contribution in [2.75, 3.05) is 121 Å². The summed E-state index contributed by atoms with van der Waals surface area (Å²) in [6.07, 6.45) is -13.8. The van der Waals surface area contributed by atoms with Crippen molar-refractivity contribution in [1.29, 1.82) is 0 Å². The molecule has 13 atom stereocenters. The molecular formula is C54H95N3O32. The van der Waals surface area contributed by atoms with Crippen LogP contribution in [0.1, 0.15) is 91.9 Å². The van der Waals surface area contributed by atoms with E-state index in [1.807, 2.05) is 0 Å². The average Bonchev–Trinajstić information content (AvgIpc) is 3.74. The van der Waals surface area contributed by atoms with Gasteiger partial charge in [0, 0.05) is 45.6 Å². The number of methoxy groups -OCH3 is 4. The van der Waals surface area contributed by atoms with Crippen molar-refractivity contribution in [1.82, 2.24) is 16.0 Å². The van der Waals surface area contributed by atoms with Crippen molar-refractivity contribution >= 4 is 53.5 Å². The normalized spacial score (nSPS) is 15.8. The lowest BCUT2D eigenvalue weighted by atomic mass is 10.2. The van der Waals surface area contributed by atoms with Gasteiger partial charge in [-0.2, -0.15) is 0 Å². The summed E-state index contributed by atoms with van der Waals surface area (Å²) in [5.41, 5.74) is 0. The number of esters is 6. The molecule has 0 aromatic heterocycles. The first-order chi connectivity index (χ1) is 42.5. The van der Waals surface area contributed by atoms with E-state index in [0.717, 1.165) is 14.2 Å². The maximum Gasteiger partial charge on any atom is 0.328 e. The first-order valence-electron chi connectivity index (χ1n) is 28.6. The third kappa shape index (κ3) is 40.1. The molecular weight excluding hydrogens is 1200 g/mol. The molecule has 35 heteroatoms. The summed E-state index contributed by atoms with van der Waals surface area (Å²) in [5, 5.41) is 78.0. The summed E-state index contributed by atoms with van der Waals surface area (Å²) < 4.78 is 86.1. The van der Waals surface area contributed by atoms with E-state index < -0.39 is 226 Å². The Labute approximate surface area is 516 Å². The van der Waals surface area contributed by atoms with Crippen LogP contribution in [0, 0.1) is 0 Å². The lowest BCUT2D eigenvalue weighted by Gasteiger charge is -2.29. The number of nitrogens with one attached hydrogen (secondary N) is 3. The smallest absolute Gasteiger partial charge is 0.328 e. The molecule has 3 amide bonds. The Kier molecular flexibility index (Phi) is 48.1. The first-order valence-corrected chi connectivity index (χ1v) is 28.6. The maximum atomic E-state index is 12.9. The number of carbonyl (C=O) groups is 9. The minimum absolute atomic E-state index is 0.0191. The van der Waals surface area contributed by atoms with E-state index in [0.29, 0.717) is 6.42 Å². The minimum atomic E-state index is -1.59. The van der Waals surface area contributed by atoms with Gasteiger partial charge in [0.2, 0.25) is 17.7 Å². The highest BCUT2D eigenvalue weighted by Crippen LogP contribution is 2.14. The third-order valence-electron chi connectivity index (χ3n) is 11.9. The zero-order chi connectivity index (χ0) is 67.1. The first kappa shape index (κ1) is 83.5. The van der Waals surface area contributed by atoms with Crippen LogP contribution in [0.25, 0.3) is 0 Å². The molecule has 0 spiro atoms. The number of carbonyl (C=O) groups excluding carboxylic acids is 9. The van der Waals surface area contributed by atoms with Gasteiger partial charge in [-0.3, -0.25) is 28.8 Å². The second-order valence-electron chi connectivity index (χ2n) is 19.2. The van der Waals surface area contributed by atoms with Crippen LogP contribution in [-0.4, -0.2) is 290 Å². The van der Waals surface area contributed by atoms with Crippen LogP contribution in [0.4, 0.5) is 0 Å². The van der Waals surface area contributed by atoms with Gasteiger partial charge in [-0.1, -0.05) is 6.92 Å². The highest BCUT2D eigenvalue weighted by atomic mass is 16.8. The summed E-state index contributed by atoms with van der Waals surface area (Å²) in [4.78, 5) is 110. The van der Waals surface area contributed by atoms with Gasteiger partial charge in [-0.25, -0.2) is 14.4 Å². The second-order valence-corrected chi connectivity index (χ2v) is 19.2. The highest BCUT2D eigenvalue weighted by Gasteiger charge is 2.29. The topological polar surface area (TPSA) is 479 Å². The fourth-order valence-electron chi connectivity index (χ4n) is 7.00. The van der Waals surface area contributed by atoms with E-state index in [1.165, 1.54) is 35.0 Å². The van der Waals surface area contributed by atoms with E-state index in [4.69, 9.17) is 61.6 Å². The molecule has 0 aliphatic carbocycles. The molecule has 0 saturated heterocycles. The van der Waals surface area contributed by atoms with Gasteiger partial charge in [0.15, 0.2) is 31.5 Å². The van der Waals surface area contributed by atoms with Crippen LogP contribution in [0.3, 0.4) is 0 Å². The Bertz CT molecular complexity index is 1990. The van der Waals surface area contributed by atoms with Gasteiger partial charge in [0.1, 0.15) is 62.4 Å². The predicted molar refractivity (Wildman–Crippen MR) is 297 cm³/mol. The fraction of sp³-hybridized carbons (Fsp3) is 0.833. The molecule has 13 unspecified atom stereocenters. The number of rotatable bonds is 55. The monoisotopic (exact) mass is 1300 g/mol. The van der Waals surface area contributed by atoms with Crippen LogP contribution in [0.5, 0.6) is 0 Å². The molecule has 518 valence electrons. The van der Waals surface area contributed by atoms with Crippen LogP contribution >= 0.6 is 0 Å². The van der Waals surface area contributed by atoms with Crippen LogP contribution in [0.2, 0.25) is 0 Å². The number of hydrogen-bond donors (Lipinski definition) is 10. The fourth-order valence-corrected chi connectivity index (χ4v) is 7.00. The van der Waals surface area contributed by atoms with E-state index in [-0.39, 0.29) is 57.8 Å². The van der Waals surface area contributed by atoms with Crippen LogP contribution in [-0.2, 0) is 119 Å². The Balaban J connectivity index is 6.06. The molecule has 0 heterocycles. The Morgan fingerprint density at radius 2 is 0.607 bits per heavy atom. The summed E-state index contributed by atoms with van der Waals surface area (Å²) in [5.74, 6) is -5.92. The van der Waals surface area contributed by atoms with Gasteiger partial charge < -0.3 is 127 Å². The summed E-state index contributed by atoms with van der Waals surface area (Å²) >= 11 is 0. The molecule has 89 heavy (non-hydrogen) atoms. The van der Waals surface area contributed by atoms with Gasteiger partial charge in [-0.05, 0) is 46.5 Å². The maximum absolute atomic E-state index is 12.9. The molecule has 0 aromatic carbocycles. The molecule has 0 fully saturated rings. The van der Waals surface area contributed by atoms with Crippen LogP contribution < -0.4 is 16.0 Å². The number of aliphatic hydroxyl groups is 7. The zero-order valence-electron chi connectivity index (χ0n) is 51.8. The van der Waals surface area contributed by atoms with E-state index in [9.17, 15) is 78.9 Å². The van der Waals surface area contributed by atoms with Crippen molar-refractivity contribution in [3.8, 4) is 0 Å². The largest absolute Gasteiger partial charge is 0.467 e. The number of ether oxygens (including phenoxy) is 16. The molecule has 0 rings (SSSR count). The predicted octanol–water partition coefficient (Wildman–Crippen LogP) is -4.21. The van der Waals surface area contributed by atoms with Gasteiger partial charge in [-0.15, -0.1) is 0 Å². The number of amides is 3. The second kappa shape index (κ2) is 51.2. The van der Waals surface area contributed by atoms with E-state index >= 15 is 0 Å². The molecule has 0 bridgehead atoms. The lowest BCUT2D eigenvalue weighted by molar-refractivity contribution is -0.264. The van der Waals surface area contributed by atoms with Gasteiger partial charge in [0.25, 0.3) is 0 Å². The summed E-state index contributed by atoms with van der Waals surface area (Å²) in [7, 11) is 4.69. The van der Waals surface area contributed by atoms with Crippen molar-refractivity contribution in [3.05, 3.63) is 0 Å². The van der Waals surface area contributed by atoms with Gasteiger partial charge >= 0.3 is 35.8 Å².